The number of nitrogens with one attached hydrogen (secondary N) is 2. The number of benzene rings is 3. The molecule has 0 aliphatic heterocycles. The van der Waals surface area contributed by atoms with Gasteiger partial charge in [0.1, 0.15) is 0 Å². The lowest BCUT2D eigenvalue weighted by Crippen LogP contribution is -2.14. The standard InChI is InChI=1S/C21H19ClN2O3S2/c1-14-7-8-16(13-19(14)22)24-29(26,27)17-11-9-15(10-12-17)23-21(25)18-5-3-4-6-20(18)28-2/h3-13,24H,1-2H3,(H,23,25). The van der Waals surface area contributed by atoms with E-state index < -0.39 is 10.0 Å². The predicted octanol–water partition coefficient (Wildman–Crippen LogP) is 5.42. The van der Waals surface area contributed by atoms with Gasteiger partial charge in [0.25, 0.3) is 15.9 Å². The van der Waals surface area contributed by atoms with E-state index in [1.165, 1.54) is 23.9 Å². The minimum absolute atomic E-state index is 0.0803. The van der Waals surface area contributed by atoms with E-state index in [1.807, 2.05) is 25.3 Å². The molecule has 0 saturated heterocycles. The van der Waals surface area contributed by atoms with E-state index in [4.69, 9.17) is 11.6 Å². The third-order valence-corrected chi connectivity index (χ3v) is 6.80. The summed E-state index contributed by atoms with van der Waals surface area (Å²) in [5.41, 5.74) is 2.31. The van der Waals surface area contributed by atoms with Crippen molar-refractivity contribution in [1.29, 1.82) is 0 Å². The molecule has 8 heteroatoms. The Hall–Kier alpha value is -2.48. The highest BCUT2D eigenvalue weighted by molar-refractivity contribution is 7.98. The zero-order valence-corrected chi connectivity index (χ0v) is 18.2. The summed E-state index contributed by atoms with van der Waals surface area (Å²) in [5.74, 6) is -0.252. The van der Waals surface area contributed by atoms with Crippen LogP contribution in [0, 0.1) is 6.92 Å². The SMILES string of the molecule is CSc1ccccc1C(=O)Nc1ccc(S(=O)(=O)Nc2ccc(C)c(Cl)c2)cc1. The van der Waals surface area contributed by atoms with Crippen LogP contribution in [0.25, 0.3) is 0 Å². The molecule has 3 aromatic carbocycles. The van der Waals surface area contributed by atoms with Gasteiger partial charge in [-0.15, -0.1) is 11.8 Å². The molecular formula is C21H19ClN2O3S2. The van der Waals surface area contributed by atoms with Gasteiger partial charge in [0.2, 0.25) is 0 Å². The molecule has 29 heavy (non-hydrogen) atoms. The quantitative estimate of drug-likeness (QED) is 0.495. The van der Waals surface area contributed by atoms with E-state index in [0.717, 1.165) is 10.5 Å². The summed E-state index contributed by atoms with van der Waals surface area (Å²) in [4.78, 5) is 13.5. The van der Waals surface area contributed by atoms with Gasteiger partial charge in [0, 0.05) is 15.6 Å². The van der Waals surface area contributed by atoms with Crippen molar-refractivity contribution in [1.82, 2.24) is 0 Å². The van der Waals surface area contributed by atoms with Crippen molar-refractivity contribution in [2.75, 3.05) is 16.3 Å². The van der Waals surface area contributed by atoms with E-state index in [2.05, 4.69) is 10.0 Å². The zero-order valence-electron chi connectivity index (χ0n) is 15.8. The molecule has 0 saturated carbocycles. The fourth-order valence-corrected chi connectivity index (χ4v) is 4.44. The molecule has 0 radical (unpaired) electrons. The smallest absolute Gasteiger partial charge is 0.261 e. The van der Waals surface area contributed by atoms with Gasteiger partial charge in [0.15, 0.2) is 0 Å². The fraction of sp³-hybridized carbons (Fsp3) is 0.0952. The number of aryl methyl sites for hydroxylation is 1. The summed E-state index contributed by atoms with van der Waals surface area (Å²) in [6.45, 7) is 1.84. The highest BCUT2D eigenvalue weighted by Gasteiger charge is 2.16. The lowest BCUT2D eigenvalue weighted by atomic mass is 10.2. The molecule has 0 heterocycles. The summed E-state index contributed by atoms with van der Waals surface area (Å²) in [6.07, 6.45) is 1.90. The molecule has 0 spiro atoms. The summed E-state index contributed by atoms with van der Waals surface area (Å²) in [7, 11) is -3.78. The molecular weight excluding hydrogens is 428 g/mol. The van der Waals surface area contributed by atoms with E-state index >= 15 is 0 Å². The summed E-state index contributed by atoms with van der Waals surface area (Å²) in [5, 5.41) is 3.27. The van der Waals surface area contributed by atoms with Crippen LogP contribution in [-0.4, -0.2) is 20.6 Å². The molecule has 2 N–H and O–H groups in total. The van der Waals surface area contributed by atoms with Gasteiger partial charge in [-0.1, -0.05) is 29.8 Å². The molecule has 0 unspecified atom stereocenters. The minimum Gasteiger partial charge on any atom is -0.322 e. The van der Waals surface area contributed by atoms with Crippen molar-refractivity contribution in [3.05, 3.63) is 82.9 Å². The Morgan fingerprint density at radius 3 is 2.28 bits per heavy atom. The maximum absolute atomic E-state index is 12.6. The first-order chi connectivity index (χ1) is 13.8. The fourth-order valence-electron chi connectivity index (χ4n) is 2.62. The van der Waals surface area contributed by atoms with Gasteiger partial charge in [-0.05, 0) is 67.3 Å². The van der Waals surface area contributed by atoms with Crippen molar-refractivity contribution >= 4 is 50.7 Å². The number of carbonyl (C=O) groups is 1. The first kappa shape index (κ1) is 21.2. The molecule has 3 aromatic rings. The number of rotatable bonds is 6. The number of anilines is 2. The lowest BCUT2D eigenvalue weighted by molar-refractivity contribution is 0.102. The van der Waals surface area contributed by atoms with Crippen molar-refractivity contribution < 1.29 is 13.2 Å². The summed E-state index contributed by atoms with van der Waals surface area (Å²) in [6, 6.07) is 18.2. The molecule has 0 aliphatic rings. The highest BCUT2D eigenvalue weighted by atomic mass is 35.5. The van der Waals surface area contributed by atoms with E-state index in [1.54, 1.807) is 42.5 Å². The average molecular weight is 447 g/mol. The zero-order chi connectivity index (χ0) is 21.0. The monoisotopic (exact) mass is 446 g/mol. The van der Waals surface area contributed by atoms with Crippen molar-refractivity contribution in [2.24, 2.45) is 0 Å². The number of amides is 1. The van der Waals surface area contributed by atoms with Gasteiger partial charge >= 0.3 is 0 Å². The number of sulfonamides is 1. The van der Waals surface area contributed by atoms with Crippen LogP contribution >= 0.6 is 23.4 Å². The van der Waals surface area contributed by atoms with Gasteiger partial charge in [-0.2, -0.15) is 0 Å². The lowest BCUT2D eigenvalue weighted by Gasteiger charge is -2.11. The normalized spacial score (nSPS) is 11.1. The molecule has 0 fully saturated rings. The first-order valence-corrected chi connectivity index (χ1v) is 11.7. The Balaban J connectivity index is 1.75. The second kappa shape index (κ2) is 8.90. The van der Waals surface area contributed by atoms with Crippen molar-refractivity contribution in [3.63, 3.8) is 0 Å². The van der Waals surface area contributed by atoms with Crippen molar-refractivity contribution in [3.8, 4) is 0 Å². The topological polar surface area (TPSA) is 75.3 Å². The molecule has 1 amide bonds. The molecule has 0 bridgehead atoms. The maximum Gasteiger partial charge on any atom is 0.261 e. The number of thioether (sulfide) groups is 1. The van der Waals surface area contributed by atoms with E-state index in [-0.39, 0.29) is 10.8 Å². The number of hydrogen-bond acceptors (Lipinski definition) is 4. The Bertz CT molecular complexity index is 1150. The largest absolute Gasteiger partial charge is 0.322 e. The number of hydrogen-bond donors (Lipinski definition) is 2. The number of halogens is 1. The summed E-state index contributed by atoms with van der Waals surface area (Å²) >= 11 is 7.54. The van der Waals surface area contributed by atoms with Crippen LogP contribution in [0.1, 0.15) is 15.9 Å². The van der Waals surface area contributed by atoms with E-state index in [0.29, 0.717) is 22.0 Å². The van der Waals surface area contributed by atoms with Crippen LogP contribution in [0.2, 0.25) is 5.02 Å². The maximum atomic E-state index is 12.6. The van der Waals surface area contributed by atoms with Crippen molar-refractivity contribution in [2.45, 2.75) is 16.7 Å². The van der Waals surface area contributed by atoms with Crippen LogP contribution in [0.3, 0.4) is 0 Å². The van der Waals surface area contributed by atoms with Crippen LogP contribution in [-0.2, 0) is 10.0 Å². The molecule has 0 aromatic heterocycles. The third-order valence-electron chi connectivity index (χ3n) is 4.20. The van der Waals surface area contributed by atoms with Gasteiger partial charge in [0.05, 0.1) is 16.1 Å². The van der Waals surface area contributed by atoms with Crippen LogP contribution < -0.4 is 10.0 Å². The van der Waals surface area contributed by atoms with Crippen LogP contribution in [0.5, 0.6) is 0 Å². The Morgan fingerprint density at radius 1 is 0.966 bits per heavy atom. The van der Waals surface area contributed by atoms with Gasteiger partial charge in [-0.25, -0.2) is 8.42 Å². The Labute approximate surface area is 179 Å². The second-order valence-electron chi connectivity index (χ2n) is 6.25. The molecule has 3 rings (SSSR count). The molecule has 5 nitrogen and oxygen atoms in total. The van der Waals surface area contributed by atoms with Crippen LogP contribution in [0.4, 0.5) is 11.4 Å². The van der Waals surface area contributed by atoms with Gasteiger partial charge < -0.3 is 5.32 Å². The van der Waals surface area contributed by atoms with Gasteiger partial charge in [-0.3, -0.25) is 9.52 Å². The molecule has 0 atom stereocenters. The second-order valence-corrected chi connectivity index (χ2v) is 9.19. The summed E-state index contributed by atoms with van der Waals surface area (Å²) < 4.78 is 27.7. The third kappa shape index (κ3) is 5.12. The predicted molar refractivity (Wildman–Crippen MR) is 120 cm³/mol. The Kier molecular flexibility index (Phi) is 6.52. The molecule has 0 aliphatic carbocycles. The van der Waals surface area contributed by atoms with E-state index in [9.17, 15) is 13.2 Å². The average Bonchev–Trinajstić information content (AvgIpc) is 2.71. The highest BCUT2D eigenvalue weighted by Crippen LogP contribution is 2.24. The van der Waals surface area contributed by atoms with Crippen LogP contribution in [0.15, 0.2) is 76.5 Å². The Morgan fingerprint density at radius 2 is 1.62 bits per heavy atom. The molecule has 150 valence electrons. The first-order valence-electron chi connectivity index (χ1n) is 8.63. The minimum atomic E-state index is -3.78. The number of carbonyl (C=O) groups excluding carboxylic acids is 1.